The van der Waals surface area contributed by atoms with Gasteiger partial charge in [0.1, 0.15) is 0 Å². The molecule has 1 atom stereocenters. The van der Waals surface area contributed by atoms with Gasteiger partial charge in [-0.1, -0.05) is 19.4 Å². The Morgan fingerprint density at radius 1 is 1.16 bits per heavy atom. The zero-order chi connectivity index (χ0) is 14.3. The highest BCUT2D eigenvalue weighted by Crippen LogP contribution is 2.29. The third-order valence-electron chi connectivity index (χ3n) is 3.10. The predicted molar refractivity (Wildman–Crippen MR) is 73.7 cm³/mol. The highest BCUT2D eigenvalue weighted by molar-refractivity contribution is 5.72. The average molecular weight is 266 g/mol. The van der Waals surface area contributed by atoms with Crippen molar-refractivity contribution in [1.29, 1.82) is 0 Å². The minimum atomic E-state index is -0.156. The Morgan fingerprint density at radius 3 is 2.37 bits per heavy atom. The second-order valence-corrected chi connectivity index (χ2v) is 4.40. The molecule has 0 saturated carbocycles. The van der Waals surface area contributed by atoms with Crippen molar-refractivity contribution in [3.63, 3.8) is 0 Å². The second-order valence-electron chi connectivity index (χ2n) is 4.40. The van der Waals surface area contributed by atoms with Crippen molar-refractivity contribution >= 4 is 5.97 Å². The standard InChI is InChI=1S/C15H22O4/c1-5-6-12(15(16)19-4)9-11-7-8-13(17-2)14(10-11)18-3/h7-8,10,12H,5-6,9H2,1-4H3. The maximum Gasteiger partial charge on any atom is 0.308 e. The zero-order valence-corrected chi connectivity index (χ0v) is 12.1. The minimum Gasteiger partial charge on any atom is -0.493 e. The van der Waals surface area contributed by atoms with E-state index in [2.05, 4.69) is 6.92 Å². The zero-order valence-electron chi connectivity index (χ0n) is 12.1. The maximum atomic E-state index is 11.7. The first-order valence-corrected chi connectivity index (χ1v) is 6.45. The summed E-state index contributed by atoms with van der Waals surface area (Å²) < 4.78 is 15.3. The smallest absolute Gasteiger partial charge is 0.308 e. The Labute approximate surface area is 114 Å². The Hall–Kier alpha value is -1.71. The molecule has 1 rings (SSSR count). The lowest BCUT2D eigenvalue weighted by Gasteiger charge is -2.15. The van der Waals surface area contributed by atoms with E-state index in [-0.39, 0.29) is 11.9 Å². The van der Waals surface area contributed by atoms with Gasteiger partial charge < -0.3 is 14.2 Å². The average Bonchev–Trinajstić information content (AvgIpc) is 2.45. The van der Waals surface area contributed by atoms with Gasteiger partial charge in [-0.3, -0.25) is 4.79 Å². The molecule has 106 valence electrons. The fraction of sp³-hybridized carbons (Fsp3) is 0.533. The van der Waals surface area contributed by atoms with Crippen LogP contribution >= 0.6 is 0 Å². The Kier molecular flexibility index (Phi) is 6.19. The summed E-state index contributed by atoms with van der Waals surface area (Å²) in [7, 11) is 4.64. The molecule has 1 aromatic carbocycles. The molecular weight excluding hydrogens is 244 g/mol. The van der Waals surface area contributed by atoms with Crippen molar-refractivity contribution in [3.05, 3.63) is 23.8 Å². The van der Waals surface area contributed by atoms with Gasteiger partial charge in [-0.05, 0) is 30.5 Å². The lowest BCUT2D eigenvalue weighted by Crippen LogP contribution is -2.18. The second kappa shape index (κ2) is 7.67. The van der Waals surface area contributed by atoms with Crippen molar-refractivity contribution in [2.75, 3.05) is 21.3 Å². The van der Waals surface area contributed by atoms with E-state index in [0.29, 0.717) is 17.9 Å². The molecule has 0 aromatic heterocycles. The molecule has 4 heteroatoms. The molecule has 0 N–H and O–H groups in total. The third kappa shape index (κ3) is 4.16. The van der Waals surface area contributed by atoms with Crippen molar-refractivity contribution in [3.8, 4) is 11.5 Å². The van der Waals surface area contributed by atoms with Crippen LogP contribution in [0.4, 0.5) is 0 Å². The summed E-state index contributed by atoms with van der Waals surface area (Å²) in [6.45, 7) is 2.06. The summed E-state index contributed by atoms with van der Waals surface area (Å²) in [5.41, 5.74) is 1.04. The van der Waals surface area contributed by atoms with Gasteiger partial charge in [-0.2, -0.15) is 0 Å². The van der Waals surface area contributed by atoms with Crippen molar-refractivity contribution in [2.45, 2.75) is 26.2 Å². The van der Waals surface area contributed by atoms with Crippen LogP contribution in [-0.4, -0.2) is 27.3 Å². The molecule has 0 fully saturated rings. The molecular formula is C15H22O4. The van der Waals surface area contributed by atoms with Crippen LogP contribution in [0.15, 0.2) is 18.2 Å². The molecule has 0 heterocycles. The molecule has 19 heavy (non-hydrogen) atoms. The molecule has 1 aromatic rings. The van der Waals surface area contributed by atoms with Gasteiger partial charge in [-0.25, -0.2) is 0 Å². The molecule has 0 amide bonds. The maximum absolute atomic E-state index is 11.7. The molecule has 0 aliphatic carbocycles. The highest BCUT2D eigenvalue weighted by atomic mass is 16.5. The minimum absolute atomic E-state index is 0.104. The molecule has 0 saturated heterocycles. The molecule has 4 nitrogen and oxygen atoms in total. The van der Waals surface area contributed by atoms with Gasteiger partial charge in [0, 0.05) is 0 Å². The summed E-state index contributed by atoms with van der Waals surface area (Å²) in [5, 5.41) is 0. The number of benzene rings is 1. The van der Waals surface area contributed by atoms with Gasteiger partial charge in [0.15, 0.2) is 11.5 Å². The van der Waals surface area contributed by atoms with E-state index >= 15 is 0 Å². The summed E-state index contributed by atoms with van der Waals surface area (Å²) in [6, 6.07) is 5.71. The van der Waals surface area contributed by atoms with Crippen LogP contribution in [0.25, 0.3) is 0 Å². The number of carbonyl (C=O) groups excluding carboxylic acids is 1. The van der Waals surface area contributed by atoms with Crippen molar-refractivity contribution in [2.24, 2.45) is 5.92 Å². The van der Waals surface area contributed by atoms with E-state index < -0.39 is 0 Å². The molecule has 1 unspecified atom stereocenters. The van der Waals surface area contributed by atoms with Crippen molar-refractivity contribution < 1.29 is 19.0 Å². The first-order chi connectivity index (χ1) is 9.15. The molecule has 0 bridgehead atoms. The van der Waals surface area contributed by atoms with Gasteiger partial charge in [0.2, 0.25) is 0 Å². The van der Waals surface area contributed by atoms with Gasteiger partial charge in [0.25, 0.3) is 0 Å². The fourth-order valence-electron chi connectivity index (χ4n) is 2.11. The monoisotopic (exact) mass is 266 g/mol. The fourth-order valence-corrected chi connectivity index (χ4v) is 2.11. The number of hydrogen-bond donors (Lipinski definition) is 0. The van der Waals surface area contributed by atoms with E-state index in [1.807, 2.05) is 18.2 Å². The number of carbonyl (C=O) groups is 1. The highest BCUT2D eigenvalue weighted by Gasteiger charge is 2.19. The number of methoxy groups -OCH3 is 3. The predicted octanol–water partition coefficient (Wildman–Crippen LogP) is 2.84. The normalized spacial score (nSPS) is 11.8. The molecule has 0 radical (unpaired) electrons. The quantitative estimate of drug-likeness (QED) is 0.712. The van der Waals surface area contributed by atoms with Gasteiger partial charge >= 0.3 is 5.97 Å². The van der Waals surface area contributed by atoms with Crippen molar-refractivity contribution in [1.82, 2.24) is 0 Å². The Bertz CT molecular complexity index is 415. The van der Waals surface area contributed by atoms with E-state index in [9.17, 15) is 4.79 Å². The molecule has 0 aliphatic rings. The summed E-state index contributed by atoms with van der Waals surface area (Å²) in [4.78, 5) is 11.7. The van der Waals surface area contributed by atoms with E-state index in [1.165, 1.54) is 7.11 Å². The first kappa shape index (κ1) is 15.3. The SMILES string of the molecule is CCCC(Cc1ccc(OC)c(OC)c1)C(=O)OC. The summed E-state index contributed by atoms with van der Waals surface area (Å²) >= 11 is 0. The summed E-state index contributed by atoms with van der Waals surface area (Å²) in [5.74, 6) is 1.11. The van der Waals surface area contributed by atoms with Gasteiger partial charge in [0.05, 0.1) is 27.2 Å². The Morgan fingerprint density at radius 2 is 1.84 bits per heavy atom. The molecule has 0 spiro atoms. The van der Waals surface area contributed by atoms with Crippen LogP contribution in [0.2, 0.25) is 0 Å². The van der Waals surface area contributed by atoms with Crippen LogP contribution in [0.1, 0.15) is 25.3 Å². The van der Waals surface area contributed by atoms with E-state index in [4.69, 9.17) is 14.2 Å². The summed E-state index contributed by atoms with van der Waals surface area (Å²) in [6.07, 6.45) is 2.43. The third-order valence-corrected chi connectivity index (χ3v) is 3.10. The van der Waals surface area contributed by atoms with Crippen LogP contribution in [0, 0.1) is 5.92 Å². The lowest BCUT2D eigenvalue weighted by molar-refractivity contribution is -0.145. The first-order valence-electron chi connectivity index (χ1n) is 6.45. The number of ether oxygens (including phenoxy) is 3. The molecule has 0 aliphatic heterocycles. The van der Waals surface area contributed by atoms with Crippen LogP contribution in [-0.2, 0) is 16.0 Å². The van der Waals surface area contributed by atoms with Crippen LogP contribution in [0.3, 0.4) is 0 Å². The lowest BCUT2D eigenvalue weighted by atomic mass is 9.95. The number of hydrogen-bond acceptors (Lipinski definition) is 4. The number of rotatable bonds is 7. The topological polar surface area (TPSA) is 44.8 Å². The Balaban J connectivity index is 2.87. The largest absolute Gasteiger partial charge is 0.493 e. The van der Waals surface area contributed by atoms with E-state index in [1.54, 1.807) is 14.2 Å². The van der Waals surface area contributed by atoms with Crippen LogP contribution in [0.5, 0.6) is 11.5 Å². The van der Waals surface area contributed by atoms with E-state index in [0.717, 1.165) is 18.4 Å². The van der Waals surface area contributed by atoms with Gasteiger partial charge in [-0.15, -0.1) is 0 Å². The number of esters is 1. The van der Waals surface area contributed by atoms with Crippen LogP contribution < -0.4 is 9.47 Å².